The Morgan fingerprint density at radius 3 is 2.39 bits per heavy atom. The van der Waals surface area contributed by atoms with Gasteiger partial charge in [0, 0.05) is 18.5 Å². The van der Waals surface area contributed by atoms with Crippen LogP contribution >= 0.6 is 0 Å². The van der Waals surface area contributed by atoms with Crippen LogP contribution < -0.4 is 15.5 Å². The summed E-state index contributed by atoms with van der Waals surface area (Å²) in [5.74, 6) is -3.63. The van der Waals surface area contributed by atoms with E-state index in [4.69, 9.17) is 0 Å². The first kappa shape index (κ1) is 24.3. The SMILES string of the molecule is CC[C@@H](C)C(=O)N[C@H](C(=O)N1c2ncccc2C[C@@H]1C(=O)Nc1c(F)cccc1F)C(C)C. The molecule has 0 bridgehead atoms. The molecule has 1 aliphatic heterocycles. The average Bonchev–Trinajstić information content (AvgIpc) is 3.18. The Morgan fingerprint density at radius 1 is 1.12 bits per heavy atom. The summed E-state index contributed by atoms with van der Waals surface area (Å²) in [6.07, 6.45) is 2.23. The Hall–Kier alpha value is -3.36. The van der Waals surface area contributed by atoms with Crippen molar-refractivity contribution in [1.29, 1.82) is 0 Å². The number of amides is 3. The number of para-hydroxylation sites is 1. The number of nitrogens with zero attached hydrogens (tertiary/aromatic N) is 2. The van der Waals surface area contributed by atoms with Crippen molar-refractivity contribution >= 4 is 29.2 Å². The number of carbonyl (C=O) groups is 3. The molecule has 0 fully saturated rings. The molecule has 3 amide bonds. The summed E-state index contributed by atoms with van der Waals surface area (Å²) < 4.78 is 28.2. The molecule has 1 aliphatic rings. The summed E-state index contributed by atoms with van der Waals surface area (Å²) in [6, 6.07) is 4.70. The molecule has 0 saturated carbocycles. The minimum absolute atomic E-state index is 0.126. The summed E-state index contributed by atoms with van der Waals surface area (Å²) in [7, 11) is 0. The molecule has 0 spiro atoms. The predicted molar refractivity (Wildman–Crippen MR) is 120 cm³/mol. The highest BCUT2D eigenvalue weighted by Gasteiger charge is 2.43. The van der Waals surface area contributed by atoms with Gasteiger partial charge < -0.3 is 10.6 Å². The minimum atomic E-state index is -1.08. The topological polar surface area (TPSA) is 91.4 Å². The van der Waals surface area contributed by atoms with E-state index in [2.05, 4.69) is 15.6 Å². The van der Waals surface area contributed by atoms with E-state index < -0.39 is 41.2 Å². The van der Waals surface area contributed by atoms with Crippen LogP contribution in [0.1, 0.15) is 39.7 Å². The minimum Gasteiger partial charge on any atom is -0.344 e. The summed E-state index contributed by atoms with van der Waals surface area (Å²) in [4.78, 5) is 44.8. The van der Waals surface area contributed by atoms with E-state index >= 15 is 0 Å². The van der Waals surface area contributed by atoms with Crippen LogP contribution in [0.4, 0.5) is 20.3 Å². The van der Waals surface area contributed by atoms with Gasteiger partial charge in [-0.3, -0.25) is 19.3 Å². The van der Waals surface area contributed by atoms with E-state index in [1.807, 2.05) is 6.92 Å². The number of benzene rings is 1. The van der Waals surface area contributed by atoms with E-state index in [1.165, 1.54) is 17.2 Å². The fraction of sp³-hybridized carbons (Fsp3) is 0.417. The van der Waals surface area contributed by atoms with E-state index in [0.717, 1.165) is 12.1 Å². The number of pyridine rings is 1. The maximum absolute atomic E-state index is 14.1. The second-order valence-electron chi connectivity index (χ2n) is 8.54. The molecule has 7 nitrogen and oxygen atoms in total. The molecule has 9 heteroatoms. The molecule has 0 aliphatic carbocycles. The molecule has 0 saturated heterocycles. The van der Waals surface area contributed by atoms with Gasteiger partial charge in [-0.15, -0.1) is 0 Å². The van der Waals surface area contributed by atoms with Crippen LogP contribution in [0.2, 0.25) is 0 Å². The van der Waals surface area contributed by atoms with Gasteiger partial charge >= 0.3 is 0 Å². The number of halogens is 2. The van der Waals surface area contributed by atoms with Gasteiger partial charge in [0.05, 0.1) is 0 Å². The smallest absolute Gasteiger partial charge is 0.251 e. The lowest BCUT2D eigenvalue weighted by atomic mass is 10.00. The lowest BCUT2D eigenvalue weighted by Crippen LogP contribution is -2.56. The number of hydrogen-bond donors (Lipinski definition) is 2. The second-order valence-corrected chi connectivity index (χ2v) is 8.54. The van der Waals surface area contributed by atoms with E-state index in [1.54, 1.807) is 32.9 Å². The first-order valence-corrected chi connectivity index (χ1v) is 11.0. The van der Waals surface area contributed by atoms with Crippen LogP contribution in [0.15, 0.2) is 36.5 Å². The van der Waals surface area contributed by atoms with Crippen molar-refractivity contribution in [3.05, 3.63) is 53.7 Å². The van der Waals surface area contributed by atoms with Gasteiger partial charge in [0.1, 0.15) is 35.2 Å². The molecule has 3 rings (SSSR count). The highest BCUT2D eigenvalue weighted by atomic mass is 19.1. The monoisotopic (exact) mass is 458 g/mol. The molecule has 2 aromatic rings. The number of rotatable bonds is 7. The maximum atomic E-state index is 14.1. The number of anilines is 2. The molecule has 1 aromatic carbocycles. The van der Waals surface area contributed by atoms with Crippen molar-refractivity contribution < 1.29 is 23.2 Å². The predicted octanol–water partition coefficient (Wildman–Crippen LogP) is 3.44. The van der Waals surface area contributed by atoms with Gasteiger partial charge in [0.15, 0.2) is 0 Å². The molecule has 3 atom stereocenters. The van der Waals surface area contributed by atoms with Crippen molar-refractivity contribution in [1.82, 2.24) is 10.3 Å². The van der Waals surface area contributed by atoms with E-state index in [9.17, 15) is 23.2 Å². The van der Waals surface area contributed by atoms with Gasteiger partial charge in [-0.1, -0.05) is 39.8 Å². The number of fused-ring (bicyclic) bond motifs is 1. The third-order valence-corrected chi connectivity index (χ3v) is 5.86. The normalized spacial score (nSPS) is 16.8. The highest BCUT2D eigenvalue weighted by Crippen LogP contribution is 2.32. The Morgan fingerprint density at radius 2 is 1.79 bits per heavy atom. The van der Waals surface area contributed by atoms with Crippen LogP contribution in [0.3, 0.4) is 0 Å². The van der Waals surface area contributed by atoms with Gasteiger partial charge in [0.25, 0.3) is 5.91 Å². The van der Waals surface area contributed by atoms with Crippen LogP contribution in [-0.2, 0) is 20.8 Å². The lowest BCUT2D eigenvalue weighted by molar-refractivity contribution is -0.131. The molecular formula is C24H28F2N4O3. The standard InChI is InChI=1S/C24H28F2N4O3/c1-5-14(4)22(31)28-19(13(2)3)24(33)30-18(12-15-8-7-11-27-21(15)30)23(32)29-20-16(25)9-6-10-17(20)26/h6-11,13-14,18-19H,5,12H2,1-4H3,(H,28,31)(H,29,32)/t14-,18-,19+/m1/s1. The van der Waals surface area contributed by atoms with Crippen LogP contribution in [-0.4, -0.2) is 34.8 Å². The first-order chi connectivity index (χ1) is 15.6. The zero-order valence-electron chi connectivity index (χ0n) is 19.1. The quantitative estimate of drug-likeness (QED) is 0.665. The largest absolute Gasteiger partial charge is 0.344 e. The summed E-state index contributed by atoms with van der Waals surface area (Å²) in [6.45, 7) is 7.22. The number of hydrogen-bond acceptors (Lipinski definition) is 4. The number of aromatic nitrogens is 1. The Balaban J connectivity index is 1.94. The molecule has 176 valence electrons. The number of carbonyl (C=O) groups excluding carboxylic acids is 3. The lowest BCUT2D eigenvalue weighted by Gasteiger charge is -2.31. The number of nitrogens with one attached hydrogen (secondary N) is 2. The van der Waals surface area contributed by atoms with Gasteiger partial charge in [0.2, 0.25) is 11.8 Å². The Kier molecular flexibility index (Phi) is 7.40. The molecule has 2 N–H and O–H groups in total. The van der Waals surface area contributed by atoms with Gasteiger partial charge in [-0.05, 0) is 36.1 Å². The van der Waals surface area contributed by atoms with Crippen molar-refractivity contribution in [3.63, 3.8) is 0 Å². The van der Waals surface area contributed by atoms with Crippen molar-refractivity contribution in [2.24, 2.45) is 11.8 Å². The summed E-state index contributed by atoms with van der Waals surface area (Å²) in [5, 5.41) is 5.07. The Bertz CT molecular complexity index is 1040. The van der Waals surface area contributed by atoms with Gasteiger partial charge in [-0.25, -0.2) is 13.8 Å². The summed E-state index contributed by atoms with van der Waals surface area (Å²) in [5.41, 5.74) is 0.0695. The van der Waals surface area contributed by atoms with Crippen molar-refractivity contribution in [2.45, 2.75) is 52.6 Å². The van der Waals surface area contributed by atoms with Crippen molar-refractivity contribution in [3.8, 4) is 0 Å². The van der Waals surface area contributed by atoms with Crippen molar-refractivity contribution in [2.75, 3.05) is 10.2 Å². The molecule has 1 aromatic heterocycles. The zero-order valence-corrected chi connectivity index (χ0v) is 19.1. The van der Waals surface area contributed by atoms with E-state index in [-0.39, 0.29) is 24.2 Å². The summed E-state index contributed by atoms with van der Waals surface area (Å²) >= 11 is 0. The van der Waals surface area contributed by atoms with E-state index in [0.29, 0.717) is 17.8 Å². The van der Waals surface area contributed by atoms with Crippen LogP contribution in [0, 0.1) is 23.5 Å². The molecule has 2 heterocycles. The van der Waals surface area contributed by atoms with Crippen LogP contribution in [0.5, 0.6) is 0 Å². The molecular weight excluding hydrogens is 430 g/mol. The third-order valence-electron chi connectivity index (χ3n) is 5.86. The molecule has 33 heavy (non-hydrogen) atoms. The van der Waals surface area contributed by atoms with Crippen LogP contribution in [0.25, 0.3) is 0 Å². The van der Waals surface area contributed by atoms with Gasteiger partial charge in [-0.2, -0.15) is 0 Å². The fourth-order valence-corrected chi connectivity index (χ4v) is 3.69. The average molecular weight is 459 g/mol. The third kappa shape index (κ3) is 5.02. The molecule has 0 radical (unpaired) electrons. The first-order valence-electron chi connectivity index (χ1n) is 11.0. The molecule has 0 unspecified atom stereocenters. The zero-order chi connectivity index (χ0) is 24.3. The fourth-order valence-electron chi connectivity index (χ4n) is 3.69. The Labute approximate surface area is 191 Å². The second kappa shape index (κ2) is 10.1. The maximum Gasteiger partial charge on any atom is 0.251 e. The highest BCUT2D eigenvalue weighted by molar-refractivity contribution is 6.09.